The topological polar surface area (TPSA) is 66.0 Å². The van der Waals surface area contributed by atoms with Crippen molar-refractivity contribution in [3.8, 4) is 17.9 Å². The third-order valence-electron chi connectivity index (χ3n) is 2.11. The Morgan fingerprint density at radius 2 is 2.00 bits per heavy atom. The van der Waals surface area contributed by atoms with Crippen LogP contribution in [-0.2, 0) is 4.74 Å². The second-order valence-electron chi connectivity index (χ2n) is 3.33. The third-order valence-corrected chi connectivity index (χ3v) is 2.11. The monoisotopic (exact) mass is 228 g/mol. The Morgan fingerprint density at radius 1 is 1.29 bits per heavy atom. The standard InChI is InChI=1S/C13H12N2O2/c1-10-4-3-5-12(6-10)17-9-13(16-2)11(7-14)8-15/h3-6H,9H2,1-2H3. The number of hydrogen-bond donors (Lipinski definition) is 0. The van der Waals surface area contributed by atoms with E-state index in [1.165, 1.54) is 7.11 Å². The Balaban J connectivity index is 2.77. The highest BCUT2D eigenvalue weighted by molar-refractivity contribution is 5.38. The van der Waals surface area contributed by atoms with Crippen LogP contribution in [0.15, 0.2) is 35.6 Å². The number of methoxy groups -OCH3 is 1. The highest BCUT2D eigenvalue weighted by atomic mass is 16.5. The smallest absolute Gasteiger partial charge is 0.170 e. The molecule has 1 aromatic rings. The summed E-state index contributed by atoms with van der Waals surface area (Å²) in [6.07, 6.45) is 0. The second kappa shape index (κ2) is 6.19. The van der Waals surface area contributed by atoms with E-state index in [4.69, 9.17) is 20.0 Å². The molecule has 0 saturated carbocycles. The van der Waals surface area contributed by atoms with Crippen molar-refractivity contribution in [2.24, 2.45) is 0 Å². The highest BCUT2D eigenvalue weighted by Crippen LogP contribution is 2.14. The normalized spacial score (nSPS) is 8.71. The van der Waals surface area contributed by atoms with E-state index in [0.717, 1.165) is 5.56 Å². The number of benzene rings is 1. The van der Waals surface area contributed by atoms with Crippen LogP contribution in [0.3, 0.4) is 0 Å². The van der Waals surface area contributed by atoms with E-state index in [0.29, 0.717) is 5.75 Å². The van der Waals surface area contributed by atoms with Crippen LogP contribution in [0.4, 0.5) is 0 Å². The van der Waals surface area contributed by atoms with E-state index in [-0.39, 0.29) is 17.9 Å². The third kappa shape index (κ3) is 3.55. The fraction of sp³-hybridized carbons (Fsp3) is 0.231. The molecule has 0 amide bonds. The highest BCUT2D eigenvalue weighted by Gasteiger charge is 2.07. The second-order valence-corrected chi connectivity index (χ2v) is 3.33. The maximum Gasteiger partial charge on any atom is 0.170 e. The first-order chi connectivity index (χ1) is 8.21. The zero-order chi connectivity index (χ0) is 12.7. The molecule has 0 aliphatic carbocycles. The summed E-state index contributed by atoms with van der Waals surface area (Å²) in [4.78, 5) is 0. The van der Waals surface area contributed by atoms with Gasteiger partial charge < -0.3 is 9.47 Å². The van der Waals surface area contributed by atoms with Crippen LogP contribution in [-0.4, -0.2) is 13.7 Å². The largest absolute Gasteiger partial charge is 0.495 e. The van der Waals surface area contributed by atoms with Crippen LogP contribution in [0.2, 0.25) is 0 Å². The van der Waals surface area contributed by atoms with Crippen LogP contribution in [0.5, 0.6) is 5.75 Å². The number of allylic oxidation sites excluding steroid dienone is 1. The molecule has 0 aliphatic heterocycles. The molecule has 0 atom stereocenters. The van der Waals surface area contributed by atoms with Gasteiger partial charge in [0.2, 0.25) is 0 Å². The van der Waals surface area contributed by atoms with Gasteiger partial charge in [0.15, 0.2) is 11.3 Å². The Morgan fingerprint density at radius 3 is 2.53 bits per heavy atom. The molecule has 17 heavy (non-hydrogen) atoms. The Kier molecular flexibility index (Phi) is 4.59. The molecule has 0 aromatic heterocycles. The molecule has 0 fully saturated rings. The van der Waals surface area contributed by atoms with E-state index in [2.05, 4.69) is 0 Å². The van der Waals surface area contributed by atoms with Crippen LogP contribution in [0.1, 0.15) is 5.56 Å². The van der Waals surface area contributed by atoms with Gasteiger partial charge in [-0.25, -0.2) is 0 Å². The average Bonchev–Trinajstić information content (AvgIpc) is 2.34. The van der Waals surface area contributed by atoms with Crippen LogP contribution < -0.4 is 4.74 Å². The molecule has 0 radical (unpaired) electrons. The van der Waals surface area contributed by atoms with Gasteiger partial charge in [0.05, 0.1) is 7.11 Å². The summed E-state index contributed by atoms with van der Waals surface area (Å²) in [7, 11) is 1.41. The van der Waals surface area contributed by atoms with Gasteiger partial charge in [-0.3, -0.25) is 0 Å². The summed E-state index contributed by atoms with van der Waals surface area (Å²) >= 11 is 0. The zero-order valence-electron chi connectivity index (χ0n) is 9.73. The summed E-state index contributed by atoms with van der Waals surface area (Å²) in [5, 5.41) is 17.4. The van der Waals surface area contributed by atoms with E-state index in [9.17, 15) is 0 Å². The van der Waals surface area contributed by atoms with Gasteiger partial charge in [-0.05, 0) is 24.6 Å². The van der Waals surface area contributed by atoms with Gasteiger partial charge in [0.25, 0.3) is 0 Å². The molecule has 0 aliphatic rings. The molecule has 0 heterocycles. The number of ether oxygens (including phenoxy) is 2. The molecule has 0 N–H and O–H groups in total. The number of nitrogens with zero attached hydrogens (tertiary/aromatic N) is 2. The van der Waals surface area contributed by atoms with Gasteiger partial charge in [-0.1, -0.05) is 12.1 Å². The first kappa shape index (κ1) is 12.6. The molecule has 1 aromatic carbocycles. The van der Waals surface area contributed by atoms with Gasteiger partial charge in [-0.2, -0.15) is 10.5 Å². The van der Waals surface area contributed by atoms with E-state index < -0.39 is 0 Å². The lowest BCUT2D eigenvalue weighted by Crippen LogP contribution is -2.05. The minimum atomic E-state index is -0.0693. The molecule has 1 rings (SSSR count). The molecule has 4 heteroatoms. The molecular formula is C13H12N2O2. The lowest BCUT2D eigenvalue weighted by Gasteiger charge is -2.09. The minimum Gasteiger partial charge on any atom is -0.495 e. The van der Waals surface area contributed by atoms with Crippen LogP contribution >= 0.6 is 0 Å². The van der Waals surface area contributed by atoms with Crippen molar-refractivity contribution < 1.29 is 9.47 Å². The Labute approximate surface area is 100 Å². The predicted octanol–water partition coefficient (Wildman–Crippen LogP) is 2.32. The molecule has 0 unspecified atom stereocenters. The average molecular weight is 228 g/mol. The summed E-state index contributed by atoms with van der Waals surface area (Å²) < 4.78 is 10.4. The number of nitriles is 2. The Hall–Kier alpha value is -2.46. The molecular weight excluding hydrogens is 216 g/mol. The SMILES string of the molecule is COC(COc1cccc(C)c1)=C(C#N)C#N. The van der Waals surface area contributed by atoms with Crippen molar-refractivity contribution in [1.29, 1.82) is 10.5 Å². The van der Waals surface area contributed by atoms with Gasteiger partial charge in [-0.15, -0.1) is 0 Å². The van der Waals surface area contributed by atoms with Crippen LogP contribution in [0.25, 0.3) is 0 Å². The van der Waals surface area contributed by atoms with Crippen molar-refractivity contribution in [3.63, 3.8) is 0 Å². The van der Waals surface area contributed by atoms with Gasteiger partial charge in [0.1, 0.15) is 24.5 Å². The first-order valence-electron chi connectivity index (χ1n) is 4.98. The molecule has 0 bridgehead atoms. The quantitative estimate of drug-likeness (QED) is 0.586. The van der Waals surface area contributed by atoms with E-state index in [1.54, 1.807) is 18.2 Å². The van der Waals surface area contributed by atoms with Crippen molar-refractivity contribution >= 4 is 0 Å². The Bertz CT molecular complexity index is 491. The summed E-state index contributed by atoms with van der Waals surface area (Å²) in [6.45, 7) is 2.02. The fourth-order valence-corrected chi connectivity index (χ4v) is 1.24. The van der Waals surface area contributed by atoms with Crippen molar-refractivity contribution in [3.05, 3.63) is 41.2 Å². The van der Waals surface area contributed by atoms with Gasteiger partial charge >= 0.3 is 0 Å². The van der Waals surface area contributed by atoms with Crippen molar-refractivity contribution in [1.82, 2.24) is 0 Å². The van der Waals surface area contributed by atoms with Crippen molar-refractivity contribution in [2.75, 3.05) is 13.7 Å². The maximum atomic E-state index is 8.70. The van der Waals surface area contributed by atoms with E-state index >= 15 is 0 Å². The summed E-state index contributed by atoms with van der Waals surface area (Å²) in [5.41, 5.74) is 1.01. The summed E-state index contributed by atoms with van der Waals surface area (Å²) in [5.74, 6) is 0.909. The van der Waals surface area contributed by atoms with Gasteiger partial charge in [0, 0.05) is 0 Å². The predicted molar refractivity (Wildman–Crippen MR) is 61.9 cm³/mol. The number of aryl methyl sites for hydroxylation is 1. The number of rotatable bonds is 4. The number of hydrogen-bond acceptors (Lipinski definition) is 4. The molecule has 4 nitrogen and oxygen atoms in total. The first-order valence-corrected chi connectivity index (χ1v) is 4.98. The molecule has 86 valence electrons. The molecule has 0 spiro atoms. The zero-order valence-corrected chi connectivity index (χ0v) is 9.73. The lowest BCUT2D eigenvalue weighted by molar-refractivity contribution is 0.217. The van der Waals surface area contributed by atoms with Crippen molar-refractivity contribution in [2.45, 2.75) is 6.92 Å². The fourth-order valence-electron chi connectivity index (χ4n) is 1.24. The summed E-state index contributed by atoms with van der Waals surface area (Å²) in [6, 6.07) is 11.0. The van der Waals surface area contributed by atoms with Crippen LogP contribution in [0, 0.1) is 29.6 Å². The molecule has 0 saturated heterocycles. The lowest BCUT2D eigenvalue weighted by atomic mass is 10.2. The van der Waals surface area contributed by atoms with E-state index in [1.807, 2.05) is 25.1 Å². The minimum absolute atomic E-state index is 0.0659. The maximum absolute atomic E-state index is 8.70.